The molecule has 0 atom stereocenters. The average Bonchev–Trinajstić information content (AvgIpc) is 2.55. The predicted molar refractivity (Wildman–Crippen MR) is 89.8 cm³/mol. The van der Waals surface area contributed by atoms with Crippen LogP contribution in [0.5, 0.6) is 0 Å². The second-order valence-electron chi connectivity index (χ2n) is 5.35. The van der Waals surface area contributed by atoms with Gasteiger partial charge in [0.2, 0.25) is 10.0 Å². The number of hydrogen-bond donors (Lipinski definition) is 2. The Morgan fingerprint density at radius 3 is 2.30 bits per heavy atom. The highest BCUT2D eigenvalue weighted by molar-refractivity contribution is 7.89. The third kappa shape index (κ3) is 4.18. The number of amides is 1. The molecule has 0 bridgehead atoms. The largest absolute Gasteiger partial charge is 0.348 e. The molecule has 2 aromatic carbocycles. The molecular weight excluding hydrogens is 312 g/mol. The van der Waals surface area contributed by atoms with E-state index in [1.54, 1.807) is 12.1 Å². The molecule has 0 saturated carbocycles. The van der Waals surface area contributed by atoms with Gasteiger partial charge in [0.25, 0.3) is 5.91 Å². The Morgan fingerprint density at radius 2 is 1.70 bits per heavy atom. The van der Waals surface area contributed by atoms with Crippen LogP contribution in [0.2, 0.25) is 0 Å². The second kappa shape index (κ2) is 6.93. The van der Waals surface area contributed by atoms with Gasteiger partial charge in [-0.25, -0.2) is 13.1 Å². The van der Waals surface area contributed by atoms with Gasteiger partial charge in [-0.1, -0.05) is 29.8 Å². The molecule has 122 valence electrons. The molecule has 6 heteroatoms. The zero-order valence-corrected chi connectivity index (χ0v) is 14.2. The lowest BCUT2D eigenvalue weighted by Gasteiger charge is -2.09. The Bertz CT molecular complexity index is 812. The maximum absolute atomic E-state index is 12.2. The standard InChI is InChI=1S/C17H20N2O3S/c1-12-4-5-13(2)16(10-12)17(20)19-11-14-6-8-15(9-7-14)23(21,22)18-3/h4-10,18H,11H2,1-3H3,(H,19,20). The average molecular weight is 332 g/mol. The van der Waals surface area contributed by atoms with Crippen molar-refractivity contribution in [1.29, 1.82) is 0 Å². The number of sulfonamides is 1. The van der Waals surface area contributed by atoms with Crippen LogP contribution in [0.4, 0.5) is 0 Å². The molecule has 2 N–H and O–H groups in total. The minimum Gasteiger partial charge on any atom is -0.348 e. The molecule has 0 spiro atoms. The zero-order chi connectivity index (χ0) is 17.0. The normalized spacial score (nSPS) is 11.3. The summed E-state index contributed by atoms with van der Waals surface area (Å²) in [5, 5.41) is 2.85. The van der Waals surface area contributed by atoms with Crippen LogP contribution in [0.15, 0.2) is 47.4 Å². The van der Waals surface area contributed by atoms with Gasteiger partial charge in [0.1, 0.15) is 0 Å². The van der Waals surface area contributed by atoms with E-state index in [9.17, 15) is 13.2 Å². The summed E-state index contributed by atoms with van der Waals surface area (Å²) in [6.07, 6.45) is 0. The molecule has 0 aliphatic carbocycles. The van der Waals surface area contributed by atoms with Crippen molar-refractivity contribution in [2.24, 2.45) is 0 Å². The van der Waals surface area contributed by atoms with E-state index in [2.05, 4.69) is 10.0 Å². The first kappa shape index (κ1) is 17.2. The van der Waals surface area contributed by atoms with Crippen LogP contribution in [0, 0.1) is 13.8 Å². The van der Waals surface area contributed by atoms with Crippen molar-refractivity contribution in [1.82, 2.24) is 10.0 Å². The number of nitrogens with one attached hydrogen (secondary N) is 2. The van der Waals surface area contributed by atoms with Gasteiger partial charge in [0.15, 0.2) is 0 Å². The lowest BCUT2D eigenvalue weighted by Crippen LogP contribution is -2.24. The van der Waals surface area contributed by atoms with E-state index < -0.39 is 10.0 Å². The van der Waals surface area contributed by atoms with Gasteiger partial charge in [-0.2, -0.15) is 0 Å². The van der Waals surface area contributed by atoms with E-state index in [1.165, 1.54) is 19.2 Å². The van der Waals surface area contributed by atoms with Crippen molar-refractivity contribution in [3.8, 4) is 0 Å². The third-order valence-corrected chi connectivity index (χ3v) is 5.02. The minimum atomic E-state index is -3.44. The van der Waals surface area contributed by atoms with Crippen LogP contribution in [-0.2, 0) is 16.6 Å². The molecule has 23 heavy (non-hydrogen) atoms. The first-order valence-electron chi connectivity index (χ1n) is 7.21. The summed E-state index contributed by atoms with van der Waals surface area (Å²) in [5.74, 6) is -0.141. The highest BCUT2D eigenvalue weighted by Gasteiger charge is 2.11. The first-order valence-corrected chi connectivity index (χ1v) is 8.70. The summed E-state index contributed by atoms with van der Waals surface area (Å²) in [5.41, 5.74) is 3.43. The monoisotopic (exact) mass is 332 g/mol. The van der Waals surface area contributed by atoms with Crippen molar-refractivity contribution >= 4 is 15.9 Å². The highest BCUT2D eigenvalue weighted by Crippen LogP contribution is 2.12. The van der Waals surface area contributed by atoms with Crippen molar-refractivity contribution in [2.75, 3.05) is 7.05 Å². The third-order valence-electron chi connectivity index (χ3n) is 3.59. The molecule has 1 amide bonds. The Morgan fingerprint density at radius 1 is 1.04 bits per heavy atom. The molecule has 0 radical (unpaired) electrons. The topological polar surface area (TPSA) is 75.3 Å². The van der Waals surface area contributed by atoms with E-state index in [-0.39, 0.29) is 10.8 Å². The molecule has 0 unspecified atom stereocenters. The van der Waals surface area contributed by atoms with Gasteiger partial charge < -0.3 is 5.32 Å². The quantitative estimate of drug-likeness (QED) is 0.881. The van der Waals surface area contributed by atoms with Crippen molar-refractivity contribution in [3.63, 3.8) is 0 Å². The molecule has 2 rings (SSSR count). The van der Waals surface area contributed by atoms with Gasteiger partial charge in [0.05, 0.1) is 4.90 Å². The van der Waals surface area contributed by atoms with Crippen molar-refractivity contribution in [2.45, 2.75) is 25.3 Å². The summed E-state index contributed by atoms with van der Waals surface area (Å²) in [6.45, 7) is 4.18. The van der Waals surface area contributed by atoms with Crippen LogP contribution in [0.25, 0.3) is 0 Å². The van der Waals surface area contributed by atoms with Gasteiger partial charge in [-0.3, -0.25) is 4.79 Å². The molecule has 0 heterocycles. The van der Waals surface area contributed by atoms with Gasteiger partial charge in [-0.15, -0.1) is 0 Å². The van der Waals surface area contributed by atoms with Gasteiger partial charge in [0, 0.05) is 12.1 Å². The molecule has 0 saturated heterocycles. The molecule has 0 aliphatic heterocycles. The Hall–Kier alpha value is -2.18. The number of carbonyl (C=O) groups excluding carboxylic acids is 1. The Labute approximate surface area is 136 Å². The number of carbonyl (C=O) groups is 1. The van der Waals surface area contributed by atoms with Crippen LogP contribution in [-0.4, -0.2) is 21.4 Å². The lowest BCUT2D eigenvalue weighted by molar-refractivity contribution is 0.0950. The Balaban J connectivity index is 2.06. The maximum atomic E-state index is 12.2. The molecule has 5 nitrogen and oxygen atoms in total. The van der Waals surface area contributed by atoms with Crippen LogP contribution >= 0.6 is 0 Å². The smallest absolute Gasteiger partial charge is 0.251 e. The van der Waals surface area contributed by atoms with E-state index in [1.807, 2.05) is 32.0 Å². The van der Waals surface area contributed by atoms with E-state index in [0.717, 1.165) is 16.7 Å². The fraction of sp³-hybridized carbons (Fsp3) is 0.235. The van der Waals surface area contributed by atoms with Crippen molar-refractivity contribution in [3.05, 3.63) is 64.7 Å². The molecular formula is C17H20N2O3S. The van der Waals surface area contributed by atoms with Gasteiger partial charge >= 0.3 is 0 Å². The predicted octanol–water partition coefficient (Wildman–Crippen LogP) is 2.14. The van der Waals surface area contributed by atoms with Crippen molar-refractivity contribution < 1.29 is 13.2 Å². The summed E-state index contributed by atoms with van der Waals surface area (Å²) in [7, 11) is -2.07. The summed E-state index contributed by atoms with van der Waals surface area (Å²) >= 11 is 0. The molecule has 2 aromatic rings. The SMILES string of the molecule is CNS(=O)(=O)c1ccc(CNC(=O)c2cc(C)ccc2C)cc1. The molecule has 0 aromatic heterocycles. The maximum Gasteiger partial charge on any atom is 0.251 e. The van der Waals surface area contributed by atoms with E-state index in [0.29, 0.717) is 12.1 Å². The fourth-order valence-electron chi connectivity index (χ4n) is 2.16. The van der Waals surface area contributed by atoms with Crippen LogP contribution in [0.3, 0.4) is 0 Å². The first-order chi connectivity index (χ1) is 10.8. The van der Waals surface area contributed by atoms with Crippen LogP contribution in [0.1, 0.15) is 27.0 Å². The van der Waals surface area contributed by atoms with E-state index in [4.69, 9.17) is 0 Å². The summed E-state index contributed by atoms with van der Waals surface area (Å²) < 4.78 is 25.6. The summed E-state index contributed by atoms with van der Waals surface area (Å²) in [4.78, 5) is 12.4. The molecule has 0 fully saturated rings. The van der Waals surface area contributed by atoms with E-state index >= 15 is 0 Å². The zero-order valence-electron chi connectivity index (χ0n) is 13.4. The summed E-state index contributed by atoms with van der Waals surface area (Å²) in [6, 6.07) is 12.2. The fourth-order valence-corrected chi connectivity index (χ4v) is 2.89. The number of benzene rings is 2. The second-order valence-corrected chi connectivity index (χ2v) is 7.24. The number of hydrogen-bond acceptors (Lipinski definition) is 3. The van der Waals surface area contributed by atoms with Gasteiger partial charge in [-0.05, 0) is 50.2 Å². The number of rotatable bonds is 5. The highest BCUT2D eigenvalue weighted by atomic mass is 32.2. The lowest BCUT2D eigenvalue weighted by atomic mass is 10.1. The minimum absolute atomic E-state index is 0.141. The number of aryl methyl sites for hydroxylation is 2. The van der Waals surface area contributed by atoms with Crippen LogP contribution < -0.4 is 10.0 Å². The molecule has 0 aliphatic rings. The Kier molecular flexibility index (Phi) is 5.18.